The van der Waals surface area contributed by atoms with Crippen molar-refractivity contribution in [3.8, 4) is 0 Å². The van der Waals surface area contributed by atoms with Crippen LogP contribution in [0, 0.1) is 0 Å². The lowest BCUT2D eigenvalue weighted by atomic mass is 10.1. The average Bonchev–Trinajstić information content (AvgIpc) is 2.45. The van der Waals surface area contributed by atoms with Crippen molar-refractivity contribution in [1.82, 2.24) is 4.90 Å². The first-order valence-electron chi connectivity index (χ1n) is 7.04. The fraction of sp³-hybridized carbons (Fsp3) is 0.467. The van der Waals surface area contributed by atoms with Crippen LogP contribution in [0.5, 0.6) is 0 Å². The van der Waals surface area contributed by atoms with E-state index in [9.17, 15) is 22.8 Å². The molecule has 0 radical (unpaired) electrons. The zero-order valence-corrected chi connectivity index (χ0v) is 14.3. The highest BCUT2D eigenvalue weighted by Gasteiger charge is 2.31. The molecule has 0 aliphatic rings. The van der Waals surface area contributed by atoms with Crippen molar-refractivity contribution in [1.29, 1.82) is 0 Å². The van der Waals surface area contributed by atoms with E-state index in [0.717, 1.165) is 12.1 Å². The number of hydrogen-bond donors (Lipinski definition) is 2. The summed E-state index contributed by atoms with van der Waals surface area (Å²) in [4.78, 5) is 24.6. The number of halogens is 4. The third-order valence-electron chi connectivity index (χ3n) is 3.13. The predicted octanol–water partition coefficient (Wildman–Crippen LogP) is 2.78. The molecule has 136 valence electrons. The van der Waals surface area contributed by atoms with Gasteiger partial charge >= 0.3 is 6.18 Å². The maximum atomic E-state index is 12.8. The molecule has 1 aromatic rings. The highest BCUT2D eigenvalue weighted by molar-refractivity contribution is 5.91. The van der Waals surface area contributed by atoms with Gasteiger partial charge in [-0.1, -0.05) is 0 Å². The lowest BCUT2D eigenvalue weighted by Crippen LogP contribution is -2.22. The molecule has 0 aliphatic carbocycles. The van der Waals surface area contributed by atoms with Gasteiger partial charge in [0.15, 0.2) is 0 Å². The first kappa shape index (κ1) is 22.2. The fourth-order valence-corrected chi connectivity index (χ4v) is 1.89. The van der Waals surface area contributed by atoms with Crippen LogP contribution in [0.2, 0.25) is 0 Å². The van der Waals surface area contributed by atoms with Crippen LogP contribution in [0.25, 0.3) is 0 Å². The van der Waals surface area contributed by atoms with Gasteiger partial charge in [0.25, 0.3) is 0 Å². The monoisotopic (exact) mass is 367 g/mol. The molecule has 0 aliphatic heterocycles. The molecule has 0 fully saturated rings. The van der Waals surface area contributed by atoms with Gasteiger partial charge in [0.05, 0.1) is 5.56 Å². The summed E-state index contributed by atoms with van der Waals surface area (Å²) in [5.74, 6) is -0.555. The maximum Gasteiger partial charge on any atom is 0.416 e. The van der Waals surface area contributed by atoms with Crippen molar-refractivity contribution in [3.63, 3.8) is 0 Å². The lowest BCUT2D eigenvalue weighted by Gasteiger charge is -2.13. The van der Waals surface area contributed by atoms with Gasteiger partial charge < -0.3 is 16.0 Å². The van der Waals surface area contributed by atoms with Gasteiger partial charge in [0.1, 0.15) is 0 Å². The largest absolute Gasteiger partial charge is 0.416 e. The van der Waals surface area contributed by atoms with Gasteiger partial charge in [-0.05, 0) is 30.2 Å². The first-order valence-corrected chi connectivity index (χ1v) is 7.04. The molecule has 2 amide bonds. The topological polar surface area (TPSA) is 75.4 Å². The number of anilines is 1. The molecule has 0 heterocycles. The van der Waals surface area contributed by atoms with E-state index in [4.69, 9.17) is 5.73 Å². The SMILES string of the molecule is CN(C)C(=O)CCCC(=O)Nc1cc(CN)cc(C(F)(F)F)c1.Cl. The van der Waals surface area contributed by atoms with Gasteiger partial charge in [-0.2, -0.15) is 13.2 Å². The smallest absolute Gasteiger partial charge is 0.349 e. The third-order valence-corrected chi connectivity index (χ3v) is 3.13. The standard InChI is InChI=1S/C15H20F3N3O2.ClH/c1-21(2)14(23)5-3-4-13(22)20-12-7-10(9-19)6-11(8-12)15(16,17)18;/h6-8H,3-5,9,19H2,1-2H3,(H,20,22);1H. The molecule has 9 heteroatoms. The number of benzene rings is 1. The minimum Gasteiger partial charge on any atom is -0.349 e. The van der Waals surface area contributed by atoms with Crippen LogP contribution >= 0.6 is 12.4 Å². The molecule has 0 aromatic heterocycles. The van der Waals surface area contributed by atoms with Crippen molar-refractivity contribution in [3.05, 3.63) is 29.3 Å². The quantitative estimate of drug-likeness (QED) is 0.811. The Kier molecular flexibility index (Phi) is 8.77. The number of nitrogens with two attached hydrogens (primary N) is 1. The minimum absolute atomic E-state index is 0. The van der Waals surface area contributed by atoms with Crippen molar-refractivity contribution < 1.29 is 22.8 Å². The molecule has 24 heavy (non-hydrogen) atoms. The molecular weight excluding hydrogens is 347 g/mol. The van der Waals surface area contributed by atoms with Crippen LogP contribution < -0.4 is 11.1 Å². The zero-order chi connectivity index (χ0) is 17.6. The molecular formula is C15H21ClF3N3O2. The van der Waals surface area contributed by atoms with Crippen molar-refractivity contribution in [2.45, 2.75) is 32.0 Å². The highest BCUT2D eigenvalue weighted by Crippen LogP contribution is 2.32. The van der Waals surface area contributed by atoms with Gasteiger partial charge in [-0.15, -0.1) is 12.4 Å². The number of carbonyl (C=O) groups excluding carboxylic acids is 2. The van der Waals surface area contributed by atoms with Crippen LogP contribution in [0.3, 0.4) is 0 Å². The Bertz CT molecular complexity index is 578. The lowest BCUT2D eigenvalue weighted by molar-refractivity contribution is -0.137. The van der Waals surface area contributed by atoms with Crippen LogP contribution in [0.1, 0.15) is 30.4 Å². The summed E-state index contributed by atoms with van der Waals surface area (Å²) in [6.07, 6.45) is -3.93. The Morgan fingerprint density at radius 2 is 1.79 bits per heavy atom. The summed E-state index contributed by atoms with van der Waals surface area (Å²) < 4.78 is 38.4. The Morgan fingerprint density at radius 3 is 2.29 bits per heavy atom. The summed E-state index contributed by atoms with van der Waals surface area (Å²) in [6.45, 7) is -0.0654. The molecule has 0 spiro atoms. The second-order valence-corrected chi connectivity index (χ2v) is 5.31. The molecule has 1 rings (SSSR count). The number of carbonyl (C=O) groups is 2. The summed E-state index contributed by atoms with van der Waals surface area (Å²) in [5, 5.41) is 2.41. The van der Waals surface area contributed by atoms with E-state index in [2.05, 4.69) is 5.32 Å². The Labute approximate surface area is 144 Å². The fourth-order valence-electron chi connectivity index (χ4n) is 1.89. The van der Waals surface area contributed by atoms with Gasteiger partial charge in [0.2, 0.25) is 11.8 Å². The van der Waals surface area contributed by atoms with Crippen LogP contribution in [0.4, 0.5) is 18.9 Å². The number of rotatable bonds is 6. The zero-order valence-electron chi connectivity index (χ0n) is 13.4. The third kappa shape index (κ3) is 7.18. The summed E-state index contributed by atoms with van der Waals surface area (Å²) >= 11 is 0. The normalized spacial score (nSPS) is 10.8. The number of nitrogens with zero attached hydrogens (tertiary/aromatic N) is 1. The molecule has 0 bridgehead atoms. The highest BCUT2D eigenvalue weighted by atomic mass is 35.5. The molecule has 5 nitrogen and oxygen atoms in total. The molecule has 0 saturated carbocycles. The predicted molar refractivity (Wildman–Crippen MR) is 87.8 cm³/mol. The van der Waals surface area contributed by atoms with E-state index in [-0.39, 0.29) is 49.0 Å². The molecule has 0 unspecified atom stereocenters. The van der Waals surface area contributed by atoms with Gasteiger partial charge in [-0.3, -0.25) is 9.59 Å². The average molecular weight is 368 g/mol. The Hall–Kier alpha value is -1.80. The van der Waals surface area contributed by atoms with E-state index in [1.807, 2.05) is 0 Å². The Balaban J connectivity index is 0.00000529. The van der Waals surface area contributed by atoms with Gasteiger partial charge in [-0.25, -0.2) is 0 Å². The number of nitrogens with one attached hydrogen (secondary N) is 1. The maximum absolute atomic E-state index is 12.8. The summed E-state index contributed by atoms with van der Waals surface area (Å²) in [6, 6.07) is 3.21. The van der Waals surface area contributed by atoms with E-state index < -0.39 is 17.6 Å². The van der Waals surface area contributed by atoms with Crippen molar-refractivity contribution in [2.75, 3.05) is 19.4 Å². The minimum atomic E-state index is -4.51. The van der Waals surface area contributed by atoms with Crippen molar-refractivity contribution in [2.24, 2.45) is 5.73 Å². The molecule has 0 saturated heterocycles. The summed E-state index contributed by atoms with van der Waals surface area (Å²) in [5.41, 5.74) is 4.84. The number of alkyl halides is 3. The molecule has 1 aromatic carbocycles. The van der Waals surface area contributed by atoms with Gasteiger partial charge in [0, 0.05) is 39.2 Å². The summed E-state index contributed by atoms with van der Waals surface area (Å²) in [7, 11) is 3.22. The van der Waals surface area contributed by atoms with E-state index in [0.29, 0.717) is 6.42 Å². The second kappa shape index (κ2) is 9.48. The number of hydrogen-bond acceptors (Lipinski definition) is 3. The first-order chi connectivity index (χ1) is 10.6. The van der Waals surface area contributed by atoms with Crippen LogP contribution in [-0.4, -0.2) is 30.8 Å². The van der Waals surface area contributed by atoms with E-state index in [1.54, 1.807) is 14.1 Å². The molecule has 0 atom stereocenters. The second-order valence-electron chi connectivity index (χ2n) is 5.31. The Morgan fingerprint density at radius 1 is 1.17 bits per heavy atom. The van der Waals surface area contributed by atoms with Crippen molar-refractivity contribution >= 4 is 29.9 Å². The van der Waals surface area contributed by atoms with Crippen LogP contribution in [0.15, 0.2) is 18.2 Å². The number of amides is 2. The molecule has 3 N–H and O–H groups in total. The van der Waals surface area contributed by atoms with E-state index in [1.165, 1.54) is 11.0 Å². The van der Waals surface area contributed by atoms with E-state index >= 15 is 0 Å². The van der Waals surface area contributed by atoms with Crippen LogP contribution in [-0.2, 0) is 22.3 Å².